The third-order valence-electron chi connectivity index (χ3n) is 6.63. The highest BCUT2D eigenvalue weighted by Gasteiger charge is 2.32. The Bertz CT molecular complexity index is 359. The quantitative estimate of drug-likeness (QED) is 0.701. The van der Waals surface area contributed by atoms with Crippen molar-refractivity contribution < 1.29 is 9.53 Å². The van der Waals surface area contributed by atoms with Crippen LogP contribution in [0.1, 0.15) is 96.8 Å². The van der Waals surface area contributed by atoms with Gasteiger partial charge in [-0.3, -0.25) is 4.79 Å². The number of hydrogen-bond donors (Lipinski definition) is 0. The van der Waals surface area contributed by atoms with Crippen molar-refractivity contribution in [1.29, 1.82) is 0 Å². The Morgan fingerprint density at radius 2 is 1.29 bits per heavy atom. The highest BCUT2D eigenvalue weighted by molar-refractivity contribution is 5.78. The van der Waals surface area contributed by atoms with Gasteiger partial charge in [0.05, 0.1) is 6.10 Å². The molecule has 0 atom stereocenters. The lowest BCUT2D eigenvalue weighted by Gasteiger charge is -2.42. The molecule has 3 nitrogen and oxygen atoms in total. The van der Waals surface area contributed by atoms with Gasteiger partial charge in [0.15, 0.2) is 0 Å². The van der Waals surface area contributed by atoms with E-state index in [1.807, 2.05) is 0 Å². The van der Waals surface area contributed by atoms with E-state index in [-0.39, 0.29) is 5.91 Å². The Balaban J connectivity index is 1.55. The fourth-order valence-corrected chi connectivity index (χ4v) is 5.08. The molecule has 0 unspecified atom stereocenters. The van der Waals surface area contributed by atoms with Crippen molar-refractivity contribution in [3.63, 3.8) is 0 Å². The predicted molar refractivity (Wildman–Crippen MR) is 98.0 cm³/mol. The second-order valence-corrected chi connectivity index (χ2v) is 8.58. The average molecular weight is 336 g/mol. The van der Waals surface area contributed by atoms with Gasteiger partial charge in [0, 0.05) is 12.1 Å². The molecule has 0 heterocycles. The molecular formula is C21H37NO2. The van der Waals surface area contributed by atoms with Gasteiger partial charge in [-0.1, -0.05) is 45.4 Å². The highest BCUT2D eigenvalue weighted by atomic mass is 16.5. The Labute approximate surface area is 148 Å². The fraction of sp³-hybridized carbons (Fsp3) is 0.952. The van der Waals surface area contributed by atoms with Crippen molar-refractivity contribution in [3.8, 4) is 0 Å². The van der Waals surface area contributed by atoms with Gasteiger partial charge >= 0.3 is 0 Å². The van der Waals surface area contributed by atoms with Gasteiger partial charge < -0.3 is 9.64 Å². The first-order valence-electron chi connectivity index (χ1n) is 10.7. The Hall–Kier alpha value is -0.570. The first kappa shape index (κ1) is 18.2. The Kier molecular flexibility index (Phi) is 7.00. The minimum Gasteiger partial charge on any atom is -0.368 e. The summed E-state index contributed by atoms with van der Waals surface area (Å²) in [6.45, 7) is 2.65. The molecular weight excluding hydrogens is 298 g/mol. The SMILES string of the molecule is CC1CCC(OCC(=O)N(C2CCCCC2)C2CCCCC2)CC1. The largest absolute Gasteiger partial charge is 0.368 e. The van der Waals surface area contributed by atoms with Crippen molar-refractivity contribution in [3.05, 3.63) is 0 Å². The summed E-state index contributed by atoms with van der Waals surface area (Å²) in [6.07, 6.45) is 17.8. The zero-order chi connectivity index (χ0) is 16.8. The summed E-state index contributed by atoms with van der Waals surface area (Å²) in [5.74, 6) is 1.12. The molecule has 3 aliphatic carbocycles. The maximum absolute atomic E-state index is 13.0. The van der Waals surface area contributed by atoms with Crippen LogP contribution in [0.15, 0.2) is 0 Å². The van der Waals surface area contributed by atoms with E-state index in [9.17, 15) is 4.79 Å². The van der Waals surface area contributed by atoms with Crippen molar-refractivity contribution >= 4 is 5.91 Å². The zero-order valence-corrected chi connectivity index (χ0v) is 15.7. The smallest absolute Gasteiger partial charge is 0.249 e. The van der Waals surface area contributed by atoms with E-state index in [0.29, 0.717) is 24.8 Å². The number of amides is 1. The second kappa shape index (κ2) is 9.22. The molecule has 3 saturated carbocycles. The van der Waals surface area contributed by atoms with Gasteiger partial charge in [0.1, 0.15) is 6.61 Å². The monoisotopic (exact) mass is 335 g/mol. The van der Waals surface area contributed by atoms with Crippen LogP contribution < -0.4 is 0 Å². The third kappa shape index (κ3) is 4.97. The van der Waals surface area contributed by atoms with Gasteiger partial charge in [-0.05, 0) is 57.3 Å². The molecule has 0 spiro atoms. The van der Waals surface area contributed by atoms with Crippen molar-refractivity contribution in [1.82, 2.24) is 4.90 Å². The van der Waals surface area contributed by atoms with Crippen LogP contribution in [0.4, 0.5) is 0 Å². The molecule has 0 bridgehead atoms. The van der Waals surface area contributed by atoms with Crippen molar-refractivity contribution in [2.75, 3.05) is 6.61 Å². The molecule has 0 aromatic heterocycles. The van der Waals surface area contributed by atoms with E-state index in [1.165, 1.54) is 77.0 Å². The van der Waals surface area contributed by atoms with Crippen LogP contribution in [0.3, 0.4) is 0 Å². The van der Waals surface area contributed by atoms with Crippen LogP contribution in [-0.2, 0) is 9.53 Å². The number of carbonyl (C=O) groups is 1. The van der Waals surface area contributed by atoms with Crippen LogP contribution in [0.25, 0.3) is 0 Å². The second-order valence-electron chi connectivity index (χ2n) is 8.58. The van der Waals surface area contributed by atoms with Gasteiger partial charge in [-0.25, -0.2) is 0 Å². The van der Waals surface area contributed by atoms with Crippen LogP contribution in [0, 0.1) is 5.92 Å². The van der Waals surface area contributed by atoms with E-state index in [1.54, 1.807) is 0 Å². The summed E-state index contributed by atoms with van der Waals surface area (Å²) >= 11 is 0. The maximum atomic E-state index is 13.0. The van der Waals surface area contributed by atoms with Crippen LogP contribution in [0.2, 0.25) is 0 Å². The molecule has 3 heteroatoms. The van der Waals surface area contributed by atoms with E-state index in [2.05, 4.69) is 11.8 Å². The Morgan fingerprint density at radius 1 is 0.792 bits per heavy atom. The summed E-state index contributed by atoms with van der Waals surface area (Å²) in [5, 5.41) is 0. The first-order valence-corrected chi connectivity index (χ1v) is 10.7. The minimum absolute atomic E-state index is 0.285. The summed E-state index contributed by atoms with van der Waals surface area (Å²) in [5.41, 5.74) is 0. The predicted octanol–water partition coefficient (Wildman–Crippen LogP) is 5.08. The van der Waals surface area contributed by atoms with Gasteiger partial charge in [-0.2, -0.15) is 0 Å². The Morgan fingerprint density at radius 3 is 1.79 bits per heavy atom. The number of ether oxygens (including phenoxy) is 1. The molecule has 3 rings (SSSR count). The number of nitrogens with zero attached hydrogens (tertiary/aromatic N) is 1. The lowest BCUT2D eigenvalue weighted by molar-refractivity contribution is -0.145. The summed E-state index contributed by atoms with van der Waals surface area (Å²) in [4.78, 5) is 15.3. The number of rotatable bonds is 5. The molecule has 0 radical (unpaired) electrons. The third-order valence-corrected chi connectivity index (χ3v) is 6.63. The summed E-state index contributed by atoms with van der Waals surface area (Å²) < 4.78 is 6.06. The molecule has 0 aliphatic heterocycles. The normalized spacial score (nSPS) is 30.2. The highest BCUT2D eigenvalue weighted by Crippen LogP contribution is 2.31. The van der Waals surface area contributed by atoms with Gasteiger partial charge in [0.2, 0.25) is 5.91 Å². The molecule has 0 aromatic rings. The maximum Gasteiger partial charge on any atom is 0.249 e. The lowest BCUT2D eigenvalue weighted by Crippen LogP contribution is -2.50. The fourth-order valence-electron chi connectivity index (χ4n) is 5.08. The molecule has 24 heavy (non-hydrogen) atoms. The van der Waals surface area contributed by atoms with Crippen LogP contribution >= 0.6 is 0 Å². The van der Waals surface area contributed by atoms with Crippen LogP contribution in [-0.4, -0.2) is 35.6 Å². The average Bonchev–Trinajstić information content (AvgIpc) is 2.63. The molecule has 0 aromatic carbocycles. The van der Waals surface area contributed by atoms with Crippen molar-refractivity contribution in [2.24, 2.45) is 5.92 Å². The summed E-state index contributed by atoms with van der Waals surface area (Å²) in [7, 11) is 0. The van der Waals surface area contributed by atoms with Crippen LogP contribution in [0.5, 0.6) is 0 Å². The molecule has 1 amide bonds. The van der Waals surface area contributed by atoms with E-state index in [4.69, 9.17) is 4.74 Å². The van der Waals surface area contributed by atoms with E-state index >= 15 is 0 Å². The van der Waals surface area contributed by atoms with Gasteiger partial charge in [0.25, 0.3) is 0 Å². The molecule has 3 fully saturated rings. The molecule has 138 valence electrons. The standard InChI is InChI=1S/C21H37NO2/c1-17-12-14-20(15-13-17)24-16-21(23)22(18-8-4-2-5-9-18)19-10-6-3-7-11-19/h17-20H,2-16H2,1H3. The first-order chi connectivity index (χ1) is 11.7. The number of hydrogen-bond acceptors (Lipinski definition) is 2. The minimum atomic E-state index is 0.285. The molecule has 3 aliphatic rings. The lowest BCUT2D eigenvalue weighted by atomic mass is 9.88. The van der Waals surface area contributed by atoms with E-state index in [0.717, 1.165) is 18.8 Å². The topological polar surface area (TPSA) is 29.5 Å². The molecule has 0 N–H and O–H groups in total. The van der Waals surface area contributed by atoms with E-state index < -0.39 is 0 Å². The van der Waals surface area contributed by atoms with Crippen molar-refractivity contribution in [2.45, 2.75) is 115 Å². The number of carbonyl (C=O) groups excluding carboxylic acids is 1. The molecule has 0 saturated heterocycles. The zero-order valence-electron chi connectivity index (χ0n) is 15.7. The van der Waals surface area contributed by atoms with Gasteiger partial charge in [-0.15, -0.1) is 0 Å². The summed E-state index contributed by atoms with van der Waals surface area (Å²) in [6, 6.07) is 0.980.